The van der Waals surface area contributed by atoms with E-state index >= 15 is 0 Å². The van der Waals surface area contributed by atoms with Crippen molar-refractivity contribution >= 4 is 46.5 Å². The second kappa shape index (κ2) is 11.7. The molecule has 0 aliphatic carbocycles. The number of aromatic nitrogens is 5. The first-order valence-corrected chi connectivity index (χ1v) is 15.5. The van der Waals surface area contributed by atoms with Gasteiger partial charge in [-0.1, -0.05) is 0 Å². The van der Waals surface area contributed by atoms with Gasteiger partial charge in [0, 0.05) is 70.2 Å². The zero-order chi connectivity index (χ0) is 27.6. The van der Waals surface area contributed by atoms with E-state index in [4.69, 9.17) is 4.98 Å². The maximum Gasteiger partial charge on any atom is 0.247 e. The molecule has 3 aromatic heterocycles. The molecule has 0 aromatic carbocycles. The Labute approximate surface area is 238 Å². The zero-order valence-electron chi connectivity index (χ0n) is 23.3. The molecule has 0 radical (unpaired) electrons. The summed E-state index contributed by atoms with van der Waals surface area (Å²) in [5.41, 5.74) is 2.54. The summed E-state index contributed by atoms with van der Waals surface area (Å²) in [5, 5.41) is 12.3. The van der Waals surface area contributed by atoms with Crippen LogP contribution in [0.15, 0.2) is 30.7 Å². The number of carbonyl (C=O) groups is 2. The van der Waals surface area contributed by atoms with Crippen LogP contribution in [0, 0.1) is 0 Å². The predicted molar refractivity (Wildman–Crippen MR) is 156 cm³/mol. The molecule has 40 heavy (non-hydrogen) atoms. The maximum atomic E-state index is 13.0. The number of carbonyl (C=O) groups excluding carboxylic acids is 2. The van der Waals surface area contributed by atoms with Gasteiger partial charge in [-0.3, -0.25) is 14.3 Å². The largest absolute Gasteiger partial charge is 0.364 e. The molecular formula is C27H38N10O2S. The molecule has 2 amide bonds. The van der Waals surface area contributed by atoms with Crippen molar-refractivity contribution in [1.29, 1.82) is 0 Å². The van der Waals surface area contributed by atoms with Gasteiger partial charge in [-0.2, -0.15) is 21.8 Å². The highest BCUT2D eigenvalue weighted by Crippen LogP contribution is 2.34. The fourth-order valence-electron chi connectivity index (χ4n) is 6.13. The second-order valence-electron chi connectivity index (χ2n) is 11.0. The molecule has 12 nitrogen and oxygen atoms in total. The van der Waals surface area contributed by atoms with Gasteiger partial charge in [0.1, 0.15) is 6.54 Å². The summed E-state index contributed by atoms with van der Waals surface area (Å²) in [6.45, 7) is 5.13. The number of amides is 2. The average molecular weight is 567 g/mol. The molecule has 6 heterocycles. The number of hydrogen-bond donors (Lipinski definition) is 1. The number of nitrogens with one attached hydrogen (secondary N) is 1. The number of nitrogens with zero attached hydrogens (tertiary/aromatic N) is 9. The third-order valence-electron chi connectivity index (χ3n) is 8.23. The number of rotatable bonds is 9. The van der Waals surface area contributed by atoms with Crippen molar-refractivity contribution in [3.05, 3.63) is 30.7 Å². The Balaban J connectivity index is 1.11. The maximum absolute atomic E-state index is 13.0. The summed E-state index contributed by atoms with van der Waals surface area (Å²) in [7, 11) is 2.07. The first-order chi connectivity index (χ1) is 19.5. The highest BCUT2D eigenvalue weighted by molar-refractivity contribution is 7.98. The van der Waals surface area contributed by atoms with E-state index in [1.807, 2.05) is 23.4 Å². The molecule has 3 fully saturated rings. The number of likely N-dealkylation sites (N-methyl/N-ethyl adjacent to an activating group) is 1. The Hall–Kier alpha value is -3.32. The molecule has 214 valence electrons. The van der Waals surface area contributed by atoms with Crippen molar-refractivity contribution in [1.82, 2.24) is 39.1 Å². The Kier molecular flexibility index (Phi) is 7.83. The van der Waals surface area contributed by atoms with Crippen LogP contribution in [0.4, 0.5) is 17.3 Å². The molecule has 13 heteroatoms. The molecule has 2 unspecified atom stereocenters. The minimum absolute atomic E-state index is 0.0778. The molecular weight excluding hydrogens is 528 g/mol. The second-order valence-corrected chi connectivity index (χ2v) is 12.0. The Bertz CT molecular complexity index is 1340. The van der Waals surface area contributed by atoms with Crippen LogP contribution in [-0.4, -0.2) is 121 Å². The van der Waals surface area contributed by atoms with Gasteiger partial charge in [0.25, 0.3) is 0 Å². The smallest absolute Gasteiger partial charge is 0.247 e. The fraction of sp³-hybridized carbons (Fsp3) is 0.593. The van der Waals surface area contributed by atoms with Crippen LogP contribution in [0.3, 0.4) is 0 Å². The van der Waals surface area contributed by atoms with E-state index in [-0.39, 0.29) is 24.5 Å². The highest BCUT2D eigenvalue weighted by Gasteiger charge is 2.42. The van der Waals surface area contributed by atoms with Crippen molar-refractivity contribution < 1.29 is 9.59 Å². The number of pyridine rings is 1. The first-order valence-electron chi connectivity index (χ1n) is 14.1. The summed E-state index contributed by atoms with van der Waals surface area (Å²) in [6, 6.07) is 4.58. The van der Waals surface area contributed by atoms with Crippen molar-refractivity contribution in [2.45, 2.75) is 44.3 Å². The van der Waals surface area contributed by atoms with Gasteiger partial charge in [0.15, 0.2) is 5.65 Å². The van der Waals surface area contributed by atoms with E-state index in [2.05, 4.69) is 49.6 Å². The van der Waals surface area contributed by atoms with Crippen LogP contribution in [-0.2, 0) is 16.1 Å². The molecule has 6 rings (SSSR count). The van der Waals surface area contributed by atoms with E-state index in [9.17, 15) is 9.59 Å². The Morgan fingerprint density at radius 2 is 1.88 bits per heavy atom. The zero-order valence-corrected chi connectivity index (χ0v) is 24.1. The van der Waals surface area contributed by atoms with Crippen LogP contribution < -0.4 is 10.2 Å². The lowest BCUT2D eigenvalue weighted by Gasteiger charge is -2.42. The van der Waals surface area contributed by atoms with Crippen molar-refractivity contribution in [2.24, 2.45) is 0 Å². The minimum Gasteiger partial charge on any atom is -0.364 e. The monoisotopic (exact) mass is 566 g/mol. The van der Waals surface area contributed by atoms with E-state index in [0.717, 1.165) is 81.3 Å². The van der Waals surface area contributed by atoms with Crippen LogP contribution in [0.1, 0.15) is 25.7 Å². The topological polar surface area (TPSA) is 107 Å². The molecule has 2 atom stereocenters. The molecule has 3 aromatic rings. The van der Waals surface area contributed by atoms with E-state index < -0.39 is 0 Å². The predicted octanol–water partition coefficient (Wildman–Crippen LogP) is 1.77. The van der Waals surface area contributed by atoms with Gasteiger partial charge in [0.2, 0.25) is 17.8 Å². The summed E-state index contributed by atoms with van der Waals surface area (Å²) < 4.78 is 3.45. The fourth-order valence-corrected chi connectivity index (χ4v) is 6.57. The van der Waals surface area contributed by atoms with Gasteiger partial charge in [-0.25, -0.2) is 4.52 Å². The van der Waals surface area contributed by atoms with Crippen molar-refractivity contribution in [3.8, 4) is 0 Å². The van der Waals surface area contributed by atoms with E-state index in [1.54, 1.807) is 27.2 Å². The van der Waals surface area contributed by atoms with Crippen LogP contribution >= 0.6 is 11.8 Å². The number of anilines is 3. The average Bonchev–Trinajstić information content (AvgIpc) is 3.64. The van der Waals surface area contributed by atoms with Gasteiger partial charge in [0.05, 0.1) is 17.6 Å². The standard InChI is InChI=1S/C27H38N10O2S/c1-32-10-12-33(13-11-32)25(39)19-35-16-20(15-28-35)29-27-30-26-23(5-3-9-36(26)31-27)34-17-21-7-8-22(18-34)37(21)24(38)6-4-14-40-2/h3,5,9,15-16,21-22H,4,6-8,10-14,17-19H2,1-2H3,(H,29,31). The molecule has 0 saturated carbocycles. The lowest BCUT2D eigenvalue weighted by Crippen LogP contribution is -2.56. The quantitative estimate of drug-likeness (QED) is 0.388. The SMILES string of the molecule is CSCCCC(=O)N1C2CCC1CN(c1cccn3nc(Nc4cnn(CC(=O)N5CCN(C)CC5)c4)nc13)C2. The number of piperazine rings is 2. The third kappa shape index (κ3) is 5.62. The molecule has 3 saturated heterocycles. The van der Waals surface area contributed by atoms with Crippen LogP contribution in [0.5, 0.6) is 0 Å². The first kappa shape index (κ1) is 26.9. The summed E-state index contributed by atoms with van der Waals surface area (Å²) in [5.74, 6) is 1.89. The van der Waals surface area contributed by atoms with Gasteiger partial charge < -0.3 is 24.9 Å². The van der Waals surface area contributed by atoms with Crippen LogP contribution in [0.2, 0.25) is 0 Å². The number of thioether (sulfide) groups is 1. The third-order valence-corrected chi connectivity index (χ3v) is 8.93. The minimum atomic E-state index is 0.0778. The molecule has 3 aliphatic heterocycles. The van der Waals surface area contributed by atoms with E-state index in [1.165, 1.54) is 0 Å². The number of hydrogen-bond acceptors (Lipinski definition) is 9. The summed E-state index contributed by atoms with van der Waals surface area (Å²) in [4.78, 5) is 39.1. The Morgan fingerprint density at radius 3 is 2.62 bits per heavy atom. The number of fused-ring (bicyclic) bond motifs is 3. The molecule has 1 N–H and O–H groups in total. The van der Waals surface area contributed by atoms with E-state index in [0.29, 0.717) is 18.3 Å². The normalized spacial score (nSPS) is 21.4. The van der Waals surface area contributed by atoms with Gasteiger partial charge in [-0.15, -0.1) is 5.10 Å². The van der Waals surface area contributed by atoms with Gasteiger partial charge >= 0.3 is 0 Å². The van der Waals surface area contributed by atoms with Gasteiger partial charge in [-0.05, 0) is 50.5 Å². The lowest BCUT2D eigenvalue weighted by atomic mass is 10.1. The highest BCUT2D eigenvalue weighted by atomic mass is 32.2. The van der Waals surface area contributed by atoms with Crippen LogP contribution in [0.25, 0.3) is 5.65 Å². The van der Waals surface area contributed by atoms with Crippen molar-refractivity contribution in [2.75, 3.05) is 68.5 Å². The molecule has 2 bridgehead atoms. The Morgan fingerprint density at radius 1 is 1.10 bits per heavy atom. The molecule has 0 spiro atoms. The lowest BCUT2D eigenvalue weighted by molar-refractivity contribution is -0.135. The summed E-state index contributed by atoms with van der Waals surface area (Å²) in [6.07, 6.45) is 11.2. The van der Waals surface area contributed by atoms with Crippen molar-refractivity contribution in [3.63, 3.8) is 0 Å². The summed E-state index contributed by atoms with van der Waals surface area (Å²) >= 11 is 1.80. The molecule has 3 aliphatic rings.